The lowest BCUT2D eigenvalue weighted by atomic mass is 9.94. The fourth-order valence-electron chi connectivity index (χ4n) is 2.99. The van der Waals surface area contributed by atoms with Crippen molar-refractivity contribution in [2.24, 2.45) is 0 Å². The van der Waals surface area contributed by atoms with Gasteiger partial charge in [0.2, 0.25) is 5.91 Å². The van der Waals surface area contributed by atoms with Crippen molar-refractivity contribution in [3.05, 3.63) is 65.7 Å². The molecule has 0 spiro atoms. The van der Waals surface area contributed by atoms with Crippen LogP contribution in [0.5, 0.6) is 0 Å². The zero-order chi connectivity index (χ0) is 16.6. The summed E-state index contributed by atoms with van der Waals surface area (Å²) in [6, 6.07) is 17.2. The van der Waals surface area contributed by atoms with Crippen LogP contribution < -0.4 is 10.6 Å². The van der Waals surface area contributed by atoms with Gasteiger partial charge >= 0.3 is 0 Å². The van der Waals surface area contributed by atoms with Gasteiger partial charge in [0.15, 0.2) is 0 Å². The van der Waals surface area contributed by atoms with Crippen molar-refractivity contribution < 1.29 is 9.59 Å². The molecule has 0 radical (unpaired) electrons. The molecule has 2 aromatic carbocycles. The highest BCUT2D eigenvalue weighted by Gasteiger charge is 2.52. The molecule has 0 aromatic heterocycles. The van der Waals surface area contributed by atoms with Crippen molar-refractivity contribution in [1.82, 2.24) is 5.32 Å². The van der Waals surface area contributed by atoms with E-state index in [0.717, 1.165) is 36.9 Å². The Bertz CT molecular complexity index is 760. The van der Waals surface area contributed by atoms with Gasteiger partial charge in [-0.2, -0.15) is 0 Å². The Balaban J connectivity index is 1.45. The first kappa shape index (κ1) is 14.9. The lowest BCUT2D eigenvalue weighted by Gasteiger charge is -2.16. The minimum absolute atomic E-state index is 0.129. The molecule has 2 aromatic rings. The first-order chi connectivity index (χ1) is 11.7. The summed E-state index contributed by atoms with van der Waals surface area (Å²) in [6.45, 7) is 0. The van der Waals surface area contributed by atoms with Gasteiger partial charge in [0.25, 0.3) is 5.91 Å². The summed E-state index contributed by atoms with van der Waals surface area (Å²) in [4.78, 5) is 24.6. The molecule has 2 aliphatic rings. The molecule has 2 N–H and O–H groups in total. The molecule has 0 saturated heterocycles. The Morgan fingerprint density at radius 3 is 2.17 bits per heavy atom. The van der Waals surface area contributed by atoms with Crippen molar-refractivity contribution in [2.45, 2.75) is 37.1 Å². The van der Waals surface area contributed by atoms with Gasteiger partial charge in [-0.1, -0.05) is 30.3 Å². The van der Waals surface area contributed by atoms with Crippen LogP contribution in [0.15, 0.2) is 54.6 Å². The molecule has 0 aliphatic heterocycles. The molecular formula is C20H20N2O2. The number of anilines is 1. The van der Waals surface area contributed by atoms with Crippen LogP contribution in [0, 0.1) is 0 Å². The van der Waals surface area contributed by atoms with E-state index in [9.17, 15) is 9.59 Å². The van der Waals surface area contributed by atoms with Gasteiger partial charge in [0.05, 0.1) is 5.41 Å². The van der Waals surface area contributed by atoms with Crippen LogP contribution in [0.4, 0.5) is 5.69 Å². The first-order valence-corrected chi connectivity index (χ1v) is 8.45. The van der Waals surface area contributed by atoms with E-state index in [2.05, 4.69) is 10.6 Å². The predicted molar refractivity (Wildman–Crippen MR) is 92.9 cm³/mol. The van der Waals surface area contributed by atoms with Crippen molar-refractivity contribution in [1.29, 1.82) is 0 Å². The molecule has 0 heterocycles. The molecule has 122 valence electrons. The van der Waals surface area contributed by atoms with E-state index in [0.29, 0.717) is 11.6 Å². The number of carbonyl (C=O) groups excluding carboxylic acids is 2. The number of amides is 2. The fraction of sp³-hybridized carbons (Fsp3) is 0.300. The highest BCUT2D eigenvalue weighted by Crippen LogP contribution is 2.49. The number of benzene rings is 2. The Kier molecular flexibility index (Phi) is 3.60. The minimum atomic E-state index is -0.343. The third kappa shape index (κ3) is 2.92. The fourth-order valence-corrected chi connectivity index (χ4v) is 2.99. The maximum Gasteiger partial charge on any atom is 0.255 e. The standard InChI is InChI=1S/C20H20N2O2/c23-18(14-4-2-1-3-5-14)21-16-8-6-15(7-9-16)20(12-13-20)19(24)22-17-10-11-17/h1-9,17H,10-13H2,(H,21,23)(H,22,24). The average Bonchev–Trinajstić information content (AvgIpc) is 3.51. The molecule has 4 nitrogen and oxygen atoms in total. The van der Waals surface area contributed by atoms with Gasteiger partial charge in [-0.05, 0) is 55.5 Å². The number of carbonyl (C=O) groups is 2. The Morgan fingerprint density at radius 2 is 1.58 bits per heavy atom. The van der Waals surface area contributed by atoms with Crippen molar-refractivity contribution >= 4 is 17.5 Å². The van der Waals surface area contributed by atoms with Crippen LogP contribution in [-0.2, 0) is 10.2 Å². The molecule has 2 fully saturated rings. The molecule has 2 amide bonds. The SMILES string of the molecule is O=C(Nc1ccc(C2(C(=O)NC3CC3)CC2)cc1)c1ccccc1. The maximum absolute atomic E-state index is 12.4. The van der Waals surface area contributed by atoms with E-state index in [-0.39, 0.29) is 17.2 Å². The quantitative estimate of drug-likeness (QED) is 0.888. The topological polar surface area (TPSA) is 58.2 Å². The normalized spacial score (nSPS) is 17.8. The maximum atomic E-state index is 12.4. The van der Waals surface area contributed by atoms with E-state index in [4.69, 9.17) is 0 Å². The number of rotatable bonds is 5. The highest BCUT2D eigenvalue weighted by atomic mass is 16.2. The zero-order valence-corrected chi connectivity index (χ0v) is 13.4. The molecule has 4 heteroatoms. The second-order valence-corrected chi connectivity index (χ2v) is 6.73. The zero-order valence-electron chi connectivity index (χ0n) is 13.4. The lowest BCUT2D eigenvalue weighted by Crippen LogP contribution is -2.36. The summed E-state index contributed by atoms with van der Waals surface area (Å²) in [5, 5.41) is 6.00. The Labute approximate surface area is 141 Å². The smallest absolute Gasteiger partial charge is 0.255 e. The van der Waals surface area contributed by atoms with E-state index in [1.54, 1.807) is 12.1 Å². The lowest BCUT2D eigenvalue weighted by molar-refractivity contribution is -0.123. The number of nitrogens with one attached hydrogen (secondary N) is 2. The monoisotopic (exact) mass is 320 g/mol. The molecular weight excluding hydrogens is 300 g/mol. The largest absolute Gasteiger partial charge is 0.353 e. The predicted octanol–water partition coefficient (Wildman–Crippen LogP) is 3.25. The van der Waals surface area contributed by atoms with Gasteiger partial charge in [-0.15, -0.1) is 0 Å². The number of hydrogen-bond acceptors (Lipinski definition) is 2. The highest BCUT2D eigenvalue weighted by molar-refractivity contribution is 6.04. The molecule has 0 bridgehead atoms. The second kappa shape index (κ2) is 5.78. The first-order valence-electron chi connectivity index (χ1n) is 8.45. The molecule has 24 heavy (non-hydrogen) atoms. The van der Waals surface area contributed by atoms with E-state index in [1.165, 1.54) is 0 Å². The molecule has 0 atom stereocenters. The van der Waals surface area contributed by atoms with E-state index in [1.807, 2.05) is 42.5 Å². The van der Waals surface area contributed by atoms with E-state index >= 15 is 0 Å². The Morgan fingerprint density at radius 1 is 0.917 bits per heavy atom. The van der Waals surface area contributed by atoms with Crippen molar-refractivity contribution in [3.63, 3.8) is 0 Å². The Hall–Kier alpha value is -2.62. The summed E-state index contributed by atoms with van der Waals surface area (Å²) in [7, 11) is 0. The molecule has 0 unspecified atom stereocenters. The molecule has 2 aliphatic carbocycles. The van der Waals surface area contributed by atoms with Gasteiger partial charge in [-0.25, -0.2) is 0 Å². The van der Waals surface area contributed by atoms with Crippen LogP contribution in [0.3, 0.4) is 0 Å². The van der Waals surface area contributed by atoms with Gasteiger partial charge in [0, 0.05) is 17.3 Å². The summed E-state index contributed by atoms with van der Waals surface area (Å²) in [6.07, 6.45) is 4.01. The molecule has 2 saturated carbocycles. The minimum Gasteiger partial charge on any atom is -0.353 e. The van der Waals surface area contributed by atoms with Crippen LogP contribution in [0.1, 0.15) is 41.6 Å². The van der Waals surface area contributed by atoms with Crippen LogP contribution in [-0.4, -0.2) is 17.9 Å². The molecule has 4 rings (SSSR count). The van der Waals surface area contributed by atoms with Crippen LogP contribution >= 0.6 is 0 Å². The van der Waals surface area contributed by atoms with Crippen molar-refractivity contribution in [3.8, 4) is 0 Å². The summed E-state index contributed by atoms with van der Waals surface area (Å²) < 4.78 is 0. The van der Waals surface area contributed by atoms with Gasteiger partial charge < -0.3 is 10.6 Å². The van der Waals surface area contributed by atoms with Gasteiger partial charge in [0.1, 0.15) is 0 Å². The van der Waals surface area contributed by atoms with Crippen molar-refractivity contribution in [2.75, 3.05) is 5.32 Å². The second-order valence-electron chi connectivity index (χ2n) is 6.73. The summed E-state index contributed by atoms with van der Waals surface area (Å²) >= 11 is 0. The third-order valence-corrected chi connectivity index (χ3v) is 4.83. The van der Waals surface area contributed by atoms with Crippen LogP contribution in [0.2, 0.25) is 0 Å². The van der Waals surface area contributed by atoms with Gasteiger partial charge in [-0.3, -0.25) is 9.59 Å². The summed E-state index contributed by atoms with van der Waals surface area (Å²) in [5.74, 6) is 0.0297. The third-order valence-electron chi connectivity index (χ3n) is 4.83. The average molecular weight is 320 g/mol. The number of hydrogen-bond donors (Lipinski definition) is 2. The van der Waals surface area contributed by atoms with Crippen LogP contribution in [0.25, 0.3) is 0 Å². The summed E-state index contributed by atoms with van der Waals surface area (Å²) in [5.41, 5.74) is 2.07. The van der Waals surface area contributed by atoms with E-state index < -0.39 is 0 Å².